The Labute approximate surface area is 199 Å². The first kappa shape index (κ1) is 24.3. The third-order valence-electron chi connectivity index (χ3n) is 5.57. The molecule has 10 heteroatoms. The van der Waals surface area contributed by atoms with Crippen LogP contribution >= 0.6 is 0 Å². The summed E-state index contributed by atoms with van der Waals surface area (Å²) in [6, 6.07) is 8.97. The van der Waals surface area contributed by atoms with Gasteiger partial charge in [0.1, 0.15) is 6.61 Å². The van der Waals surface area contributed by atoms with Crippen LogP contribution in [-0.4, -0.2) is 29.2 Å². The lowest BCUT2D eigenvalue weighted by Gasteiger charge is -2.23. The highest BCUT2D eigenvalue weighted by Crippen LogP contribution is 2.39. The molecule has 0 aliphatic carbocycles. The minimum Gasteiger partial charge on any atom is -0.484 e. The van der Waals surface area contributed by atoms with E-state index in [1.165, 1.54) is 24.3 Å². The SMILES string of the molecule is CC=Cc1cc(COc2cc(C(=O)Nc3ccc(N4CCCC4)c(C(F)(F)F)c3)ccc2F)[nH]n1. The quantitative estimate of drug-likeness (QED) is 0.399. The van der Waals surface area contributed by atoms with Crippen molar-refractivity contribution >= 4 is 23.4 Å². The number of halogens is 4. The summed E-state index contributed by atoms with van der Waals surface area (Å²) in [5, 5.41) is 9.29. The Morgan fingerprint density at radius 1 is 1.17 bits per heavy atom. The summed E-state index contributed by atoms with van der Waals surface area (Å²) in [6.07, 6.45) is 0.701. The Bertz CT molecular complexity index is 1230. The van der Waals surface area contributed by atoms with Gasteiger partial charge in [0, 0.05) is 30.0 Å². The number of nitrogens with zero attached hydrogens (tertiary/aromatic N) is 2. The van der Waals surface area contributed by atoms with Crippen molar-refractivity contribution in [3.63, 3.8) is 0 Å². The molecule has 1 saturated heterocycles. The average molecular weight is 488 g/mol. The van der Waals surface area contributed by atoms with Crippen molar-refractivity contribution in [2.24, 2.45) is 0 Å². The molecule has 35 heavy (non-hydrogen) atoms. The smallest absolute Gasteiger partial charge is 0.418 e. The van der Waals surface area contributed by atoms with E-state index in [0.29, 0.717) is 24.5 Å². The Kier molecular flexibility index (Phi) is 7.09. The highest BCUT2D eigenvalue weighted by atomic mass is 19.4. The molecule has 4 rings (SSSR count). The number of benzene rings is 2. The number of alkyl halides is 3. The predicted octanol–water partition coefficient (Wildman–Crippen LogP) is 6.03. The Morgan fingerprint density at radius 3 is 2.66 bits per heavy atom. The zero-order chi connectivity index (χ0) is 25.0. The predicted molar refractivity (Wildman–Crippen MR) is 125 cm³/mol. The second-order valence-electron chi connectivity index (χ2n) is 8.13. The molecule has 1 fully saturated rings. The van der Waals surface area contributed by atoms with E-state index in [4.69, 9.17) is 4.74 Å². The van der Waals surface area contributed by atoms with E-state index in [-0.39, 0.29) is 29.3 Å². The molecule has 1 aliphatic heterocycles. The van der Waals surface area contributed by atoms with E-state index in [1.54, 1.807) is 17.0 Å². The van der Waals surface area contributed by atoms with Gasteiger partial charge in [0.2, 0.25) is 0 Å². The molecular weight excluding hydrogens is 464 g/mol. The monoisotopic (exact) mass is 488 g/mol. The molecule has 184 valence electrons. The Balaban J connectivity index is 1.49. The number of aromatic nitrogens is 2. The van der Waals surface area contributed by atoms with Gasteiger partial charge in [-0.25, -0.2) is 4.39 Å². The van der Waals surface area contributed by atoms with Gasteiger partial charge >= 0.3 is 6.18 Å². The number of nitrogens with one attached hydrogen (secondary N) is 2. The van der Waals surface area contributed by atoms with Gasteiger partial charge in [-0.2, -0.15) is 18.3 Å². The van der Waals surface area contributed by atoms with Crippen LogP contribution in [0.2, 0.25) is 0 Å². The molecule has 3 aromatic rings. The van der Waals surface area contributed by atoms with Crippen LogP contribution in [0, 0.1) is 5.82 Å². The van der Waals surface area contributed by atoms with Crippen molar-refractivity contribution in [2.75, 3.05) is 23.3 Å². The van der Waals surface area contributed by atoms with Gasteiger partial charge in [-0.3, -0.25) is 9.89 Å². The summed E-state index contributed by atoms with van der Waals surface area (Å²) in [6.45, 7) is 2.95. The van der Waals surface area contributed by atoms with Gasteiger partial charge < -0.3 is 15.0 Å². The molecule has 1 aromatic heterocycles. The molecule has 2 heterocycles. The Morgan fingerprint density at radius 2 is 1.94 bits per heavy atom. The van der Waals surface area contributed by atoms with Gasteiger partial charge in [-0.1, -0.05) is 6.08 Å². The van der Waals surface area contributed by atoms with Gasteiger partial charge in [0.15, 0.2) is 11.6 Å². The van der Waals surface area contributed by atoms with Crippen molar-refractivity contribution in [1.82, 2.24) is 10.2 Å². The van der Waals surface area contributed by atoms with Crippen molar-refractivity contribution in [1.29, 1.82) is 0 Å². The maximum atomic E-state index is 14.2. The lowest BCUT2D eigenvalue weighted by atomic mass is 10.1. The van der Waals surface area contributed by atoms with Crippen molar-refractivity contribution < 1.29 is 27.1 Å². The number of aromatic amines is 1. The second kappa shape index (κ2) is 10.2. The Hall–Kier alpha value is -3.82. The number of hydrogen-bond acceptors (Lipinski definition) is 4. The standard InChI is InChI=1S/C25H24F4N4O2/c1-2-5-18-13-19(32-31-18)15-35-23-12-16(6-8-21(23)26)24(34)30-17-7-9-22(33-10-3-4-11-33)20(14-17)25(27,28)29/h2,5-9,12-14H,3-4,10-11,15H2,1H3,(H,30,34)(H,31,32). The third-order valence-corrected chi connectivity index (χ3v) is 5.57. The van der Waals surface area contributed by atoms with Crippen molar-refractivity contribution in [3.05, 3.63) is 76.9 Å². The molecule has 6 nitrogen and oxygen atoms in total. The topological polar surface area (TPSA) is 70.2 Å². The first-order valence-electron chi connectivity index (χ1n) is 11.1. The maximum Gasteiger partial charge on any atom is 0.418 e. The van der Waals surface area contributed by atoms with E-state index in [2.05, 4.69) is 15.5 Å². The first-order valence-corrected chi connectivity index (χ1v) is 11.1. The van der Waals surface area contributed by atoms with Gasteiger partial charge in [0.05, 0.1) is 17.0 Å². The molecule has 1 aliphatic rings. The maximum absolute atomic E-state index is 14.2. The van der Waals surface area contributed by atoms with E-state index >= 15 is 0 Å². The summed E-state index contributed by atoms with van der Waals surface area (Å²) in [5.74, 6) is -1.53. The summed E-state index contributed by atoms with van der Waals surface area (Å²) in [4.78, 5) is 14.4. The molecule has 0 spiro atoms. The number of hydrogen-bond donors (Lipinski definition) is 2. The molecule has 0 radical (unpaired) electrons. The summed E-state index contributed by atoms with van der Waals surface area (Å²) < 4.78 is 60.8. The molecule has 0 saturated carbocycles. The summed E-state index contributed by atoms with van der Waals surface area (Å²) in [5.41, 5.74) is 0.613. The lowest BCUT2D eigenvalue weighted by molar-refractivity contribution is -0.137. The summed E-state index contributed by atoms with van der Waals surface area (Å²) in [7, 11) is 0. The van der Waals surface area contributed by atoms with Gasteiger partial charge in [0.25, 0.3) is 5.91 Å². The largest absolute Gasteiger partial charge is 0.484 e. The molecule has 1 amide bonds. The zero-order valence-corrected chi connectivity index (χ0v) is 19.0. The second-order valence-corrected chi connectivity index (χ2v) is 8.13. The van der Waals surface area contributed by atoms with Crippen LogP contribution in [0.15, 0.2) is 48.5 Å². The normalized spacial score (nSPS) is 14.0. The number of carbonyl (C=O) groups excluding carboxylic acids is 1. The van der Waals surface area contributed by atoms with Crippen molar-refractivity contribution in [3.8, 4) is 5.75 Å². The zero-order valence-electron chi connectivity index (χ0n) is 19.0. The minimum atomic E-state index is -4.57. The highest BCUT2D eigenvalue weighted by Gasteiger charge is 2.36. The number of rotatable bonds is 7. The number of carbonyl (C=O) groups is 1. The van der Waals surface area contributed by atoms with E-state index in [9.17, 15) is 22.4 Å². The van der Waals surface area contributed by atoms with E-state index < -0.39 is 23.5 Å². The fraction of sp³-hybridized carbons (Fsp3) is 0.280. The van der Waals surface area contributed by atoms with Crippen LogP contribution in [0.25, 0.3) is 6.08 Å². The molecular formula is C25H24F4N4O2. The van der Waals surface area contributed by atoms with Crippen LogP contribution in [0.5, 0.6) is 5.75 Å². The van der Waals surface area contributed by atoms with Crippen LogP contribution < -0.4 is 15.0 Å². The third kappa shape index (κ3) is 5.82. The number of amides is 1. The van der Waals surface area contributed by atoms with E-state index in [0.717, 1.165) is 25.0 Å². The summed E-state index contributed by atoms with van der Waals surface area (Å²) >= 11 is 0. The van der Waals surface area contributed by atoms with Crippen LogP contribution in [0.3, 0.4) is 0 Å². The van der Waals surface area contributed by atoms with Crippen LogP contribution in [0.4, 0.5) is 28.9 Å². The molecule has 2 N–H and O–H groups in total. The van der Waals surface area contributed by atoms with Gasteiger partial charge in [-0.15, -0.1) is 0 Å². The fourth-order valence-electron chi connectivity index (χ4n) is 3.90. The lowest BCUT2D eigenvalue weighted by Crippen LogP contribution is -2.22. The number of anilines is 2. The fourth-order valence-corrected chi connectivity index (χ4v) is 3.90. The highest BCUT2D eigenvalue weighted by molar-refractivity contribution is 6.04. The number of ether oxygens (including phenoxy) is 1. The van der Waals surface area contributed by atoms with Crippen LogP contribution in [0.1, 0.15) is 47.1 Å². The molecule has 2 aromatic carbocycles. The average Bonchev–Trinajstić information content (AvgIpc) is 3.51. The minimum absolute atomic E-state index is 0.00830. The molecule has 0 unspecified atom stereocenters. The molecule has 0 atom stereocenters. The van der Waals surface area contributed by atoms with E-state index in [1.807, 2.05) is 13.0 Å². The number of H-pyrrole nitrogens is 1. The number of allylic oxidation sites excluding steroid dienone is 1. The van der Waals surface area contributed by atoms with Crippen molar-refractivity contribution in [2.45, 2.75) is 32.5 Å². The first-order chi connectivity index (χ1) is 16.7. The van der Waals surface area contributed by atoms with Crippen LogP contribution in [-0.2, 0) is 12.8 Å². The van der Waals surface area contributed by atoms with Gasteiger partial charge in [-0.05, 0) is 68.3 Å². The molecule has 0 bridgehead atoms.